The summed E-state index contributed by atoms with van der Waals surface area (Å²) in [5.74, 6) is 5.34. The van der Waals surface area contributed by atoms with Gasteiger partial charge in [0, 0.05) is 19.1 Å². The Kier molecular flexibility index (Phi) is 32.4. The molecule has 0 aromatic carbocycles. The average molecular weight is 679 g/mol. The maximum Gasteiger partial charge on any atom is 0.0513 e. The molecule has 0 unspecified atom stereocenters. The van der Waals surface area contributed by atoms with Crippen molar-refractivity contribution in [1.29, 1.82) is 0 Å². The molecule has 0 aromatic rings. The Bertz CT molecular complexity index is 556. The van der Waals surface area contributed by atoms with Crippen LogP contribution in [0.25, 0.3) is 0 Å². The van der Waals surface area contributed by atoms with Crippen LogP contribution in [0.5, 0.6) is 0 Å². The minimum atomic E-state index is 0.843. The summed E-state index contributed by atoms with van der Waals surface area (Å²) in [6.45, 7) is 20.4. The number of likely N-dealkylation sites (tertiary alicyclic amines) is 1. The van der Waals surface area contributed by atoms with Gasteiger partial charge in [0.25, 0.3) is 0 Å². The zero-order valence-electron chi connectivity index (χ0n) is 34.0. The number of ether oxygens (including phenoxy) is 2. The molecule has 48 heavy (non-hydrogen) atoms. The predicted octanol–water partition coefficient (Wildman–Crippen LogP) is 12.5. The summed E-state index contributed by atoms with van der Waals surface area (Å²) in [4.78, 5) is 2.39. The number of nitrogens with one attached hydrogen (secondary N) is 1. The van der Waals surface area contributed by atoms with E-state index in [0.717, 1.165) is 56.0 Å². The zero-order valence-corrected chi connectivity index (χ0v) is 34.0. The molecule has 4 aliphatic heterocycles. The molecule has 5 saturated carbocycles. The van der Waals surface area contributed by atoms with Gasteiger partial charge in [-0.15, -0.1) is 0 Å². The molecule has 0 amide bonds. The van der Waals surface area contributed by atoms with Crippen LogP contribution in [0.15, 0.2) is 0 Å². The first-order valence-corrected chi connectivity index (χ1v) is 22.0. The minimum absolute atomic E-state index is 0.843. The van der Waals surface area contributed by atoms with E-state index in [0.29, 0.717) is 0 Å². The first-order chi connectivity index (χ1) is 23.5. The van der Waals surface area contributed by atoms with E-state index >= 15 is 0 Å². The minimum Gasteiger partial charge on any atom is -0.381 e. The summed E-state index contributed by atoms with van der Waals surface area (Å²) in [5, 5.41) is 3.28. The fraction of sp³-hybridized carbons (Fsp3) is 1.00. The third-order valence-corrected chi connectivity index (χ3v) is 10.5. The van der Waals surface area contributed by atoms with Crippen molar-refractivity contribution in [2.45, 2.75) is 195 Å². The van der Waals surface area contributed by atoms with Crippen LogP contribution < -0.4 is 5.32 Å². The summed E-state index contributed by atoms with van der Waals surface area (Å²) in [6, 6.07) is 0. The van der Waals surface area contributed by atoms with Gasteiger partial charge in [0.1, 0.15) is 0 Å². The molecule has 0 atom stereocenters. The van der Waals surface area contributed by atoms with Gasteiger partial charge in [0.15, 0.2) is 0 Å². The molecule has 9 fully saturated rings. The smallest absolute Gasteiger partial charge is 0.0513 e. The third-order valence-electron chi connectivity index (χ3n) is 10.5. The Morgan fingerprint density at radius 3 is 1.00 bits per heavy atom. The standard InChI is InChI=1S/C6H13N.C6H12.C5H11N.C5H10O.2C5H10.C4H8O.2C4H8/c1-7-5-3-2-4-6-7;1-2-3-6-4-5-6;2*1-2-4-6-5-3-1;2*1-2-5-3-4-5;1-4-2-5-3-4;1-4-2-3-4;1-2-4-3-1/h2-6H2,1H3;6H,2-5H2,1H3;6H,1-5H2;1-5H2;2*5H,2-4H2,1H3;4H,2-3H2,1H3;4H,2-3H2,1H3;1-4H2. The fourth-order valence-corrected chi connectivity index (χ4v) is 5.18. The number of piperidine rings is 2. The van der Waals surface area contributed by atoms with Crippen molar-refractivity contribution in [3.8, 4) is 0 Å². The van der Waals surface area contributed by atoms with Crippen molar-refractivity contribution in [3.63, 3.8) is 0 Å². The second kappa shape index (κ2) is 34.0. The van der Waals surface area contributed by atoms with Crippen molar-refractivity contribution >= 4 is 0 Å². The number of hydrogen-bond donors (Lipinski definition) is 1. The lowest BCUT2D eigenvalue weighted by Gasteiger charge is -2.20. The summed E-state index contributed by atoms with van der Waals surface area (Å²) in [5.41, 5.74) is 0. The van der Waals surface area contributed by atoms with Gasteiger partial charge >= 0.3 is 0 Å². The number of nitrogens with zero attached hydrogens (tertiary/aromatic N) is 1. The SMILES string of the molecule is C1CCC1.C1CCNCC1.C1CCOCC1.CC1CC1.CC1COC1.CCC1CC1.CCC1CC1.CCCC1CC1.CN1CCCCC1. The Morgan fingerprint density at radius 1 is 0.500 bits per heavy atom. The van der Waals surface area contributed by atoms with E-state index in [9.17, 15) is 0 Å². The molecule has 4 nitrogen and oxygen atoms in total. The molecular weight excluding hydrogens is 588 g/mol. The highest BCUT2D eigenvalue weighted by atomic mass is 16.5. The van der Waals surface area contributed by atoms with Crippen molar-refractivity contribution in [2.75, 3.05) is 59.7 Å². The molecule has 0 aromatic heterocycles. The molecule has 0 spiro atoms. The fourth-order valence-electron chi connectivity index (χ4n) is 5.18. The molecule has 4 heterocycles. The van der Waals surface area contributed by atoms with E-state index in [-0.39, 0.29) is 0 Å². The molecule has 4 saturated heterocycles. The largest absolute Gasteiger partial charge is 0.381 e. The predicted molar refractivity (Wildman–Crippen MR) is 213 cm³/mol. The van der Waals surface area contributed by atoms with Crippen LogP contribution in [0, 0.1) is 29.6 Å². The molecule has 0 bridgehead atoms. The normalized spacial score (nSPS) is 24.1. The summed E-state index contributed by atoms with van der Waals surface area (Å²) >= 11 is 0. The van der Waals surface area contributed by atoms with Crippen LogP contribution in [0.2, 0.25) is 0 Å². The van der Waals surface area contributed by atoms with Gasteiger partial charge in [-0.3, -0.25) is 0 Å². The highest BCUT2D eigenvalue weighted by molar-refractivity contribution is 4.71. The molecule has 9 aliphatic rings. The number of rotatable bonds is 4. The molecule has 4 heteroatoms. The lowest BCUT2D eigenvalue weighted by molar-refractivity contribution is -0.0221. The first-order valence-electron chi connectivity index (χ1n) is 22.0. The number of hydrogen-bond acceptors (Lipinski definition) is 4. The van der Waals surface area contributed by atoms with Crippen LogP contribution in [0.3, 0.4) is 0 Å². The van der Waals surface area contributed by atoms with Crippen molar-refractivity contribution in [1.82, 2.24) is 10.2 Å². The molecule has 288 valence electrons. The molecule has 5 aliphatic carbocycles. The third kappa shape index (κ3) is 38.6. The van der Waals surface area contributed by atoms with Crippen LogP contribution >= 0.6 is 0 Å². The molecule has 9 rings (SSSR count). The molecular formula is C44H90N2O2. The lowest BCUT2D eigenvalue weighted by atomic mass is 10.0. The van der Waals surface area contributed by atoms with Crippen LogP contribution in [0.1, 0.15) is 195 Å². The van der Waals surface area contributed by atoms with Crippen LogP contribution in [0.4, 0.5) is 0 Å². The van der Waals surface area contributed by atoms with Gasteiger partial charge in [0.05, 0.1) is 13.2 Å². The topological polar surface area (TPSA) is 33.7 Å². The van der Waals surface area contributed by atoms with Crippen molar-refractivity contribution in [3.05, 3.63) is 0 Å². The zero-order chi connectivity index (χ0) is 34.9. The highest BCUT2D eigenvalue weighted by Crippen LogP contribution is 2.33. The first kappa shape index (κ1) is 45.9. The lowest BCUT2D eigenvalue weighted by Crippen LogP contribution is -2.24. The van der Waals surface area contributed by atoms with Crippen molar-refractivity contribution < 1.29 is 9.47 Å². The van der Waals surface area contributed by atoms with Crippen molar-refractivity contribution in [2.24, 2.45) is 29.6 Å². The monoisotopic (exact) mass is 679 g/mol. The Balaban J connectivity index is 0.000000271. The Labute approximate surface area is 303 Å². The van der Waals surface area contributed by atoms with Gasteiger partial charge in [-0.1, -0.05) is 150 Å². The van der Waals surface area contributed by atoms with Gasteiger partial charge in [-0.25, -0.2) is 0 Å². The highest BCUT2D eigenvalue weighted by Gasteiger charge is 2.19. The van der Waals surface area contributed by atoms with E-state index in [4.69, 9.17) is 9.47 Å². The van der Waals surface area contributed by atoms with Crippen LogP contribution in [-0.4, -0.2) is 64.6 Å². The average Bonchev–Trinajstić information content (AvgIpc) is 3.90. The summed E-state index contributed by atoms with van der Waals surface area (Å²) < 4.78 is 9.90. The van der Waals surface area contributed by atoms with E-state index in [1.807, 2.05) is 0 Å². The maximum atomic E-state index is 5.07. The molecule has 1 N–H and O–H groups in total. The maximum absolute atomic E-state index is 5.07. The van der Waals surface area contributed by atoms with E-state index in [2.05, 4.69) is 51.9 Å². The van der Waals surface area contributed by atoms with Gasteiger partial charge < -0.3 is 19.7 Å². The second-order valence-electron chi connectivity index (χ2n) is 16.5. The van der Waals surface area contributed by atoms with Gasteiger partial charge in [0.2, 0.25) is 0 Å². The van der Waals surface area contributed by atoms with E-state index < -0.39 is 0 Å². The Hall–Kier alpha value is -0.160. The van der Waals surface area contributed by atoms with Crippen LogP contribution in [-0.2, 0) is 9.47 Å². The quantitative estimate of drug-likeness (QED) is 0.321. The summed E-state index contributed by atoms with van der Waals surface area (Å²) in [7, 11) is 2.19. The van der Waals surface area contributed by atoms with Gasteiger partial charge in [-0.05, 0) is 102 Å². The second-order valence-corrected chi connectivity index (χ2v) is 16.5. The van der Waals surface area contributed by atoms with Gasteiger partial charge in [-0.2, -0.15) is 0 Å². The van der Waals surface area contributed by atoms with E-state index in [1.165, 1.54) is 187 Å². The Morgan fingerprint density at radius 2 is 0.896 bits per heavy atom. The molecule has 0 radical (unpaired) electrons. The van der Waals surface area contributed by atoms with E-state index in [1.54, 1.807) is 0 Å². The summed E-state index contributed by atoms with van der Waals surface area (Å²) in [6.07, 6.45) is 36.2.